The Hall–Kier alpha value is -1.54. The van der Waals surface area contributed by atoms with Crippen molar-refractivity contribution < 1.29 is 19.2 Å². The minimum atomic E-state index is -1.03. The molecule has 18 heavy (non-hydrogen) atoms. The molecule has 1 aromatic heterocycles. The summed E-state index contributed by atoms with van der Waals surface area (Å²) in [6.45, 7) is 1.63. The normalized spacial score (nSPS) is 13.9. The first kappa shape index (κ1) is 14.5. The van der Waals surface area contributed by atoms with E-state index in [2.05, 4.69) is 5.32 Å². The van der Waals surface area contributed by atoms with E-state index >= 15 is 0 Å². The molecule has 0 spiro atoms. The molecule has 1 aromatic rings. The molecular formula is C10H14N2O5S. The monoisotopic (exact) mass is 274 g/mol. The molecule has 1 atom stereocenters. The zero-order valence-electron chi connectivity index (χ0n) is 10.0. The number of furan rings is 1. The van der Waals surface area contributed by atoms with Crippen LogP contribution in [-0.2, 0) is 0 Å². The summed E-state index contributed by atoms with van der Waals surface area (Å²) in [7, 11) is 0. The van der Waals surface area contributed by atoms with Crippen LogP contribution in [0, 0.1) is 10.1 Å². The van der Waals surface area contributed by atoms with Crippen LogP contribution in [0.2, 0.25) is 0 Å². The molecule has 1 heterocycles. The summed E-state index contributed by atoms with van der Waals surface area (Å²) >= 11 is 1.45. The first-order valence-corrected chi connectivity index (χ1v) is 6.49. The van der Waals surface area contributed by atoms with E-state index in [9.17, 15) is 20.0 Å². The summed E-state index contributed by atoms with van der Waals surface area (Å²) in [6.07, 6.45) is 1.84. The first-order chi connectivity index (χ1) is 8.35. The fourth-order valence-electron chi connectivity index (χ4n) is 1.27. The lowest BCUT2D eigenvalue weighted by molar-refractivity contribution is -0.402. The Labute approximate surface area is 108 Å². The molecule has 0 fully saturated rings. The number of nitrogens with one attached hydrogen (secondary N) is 1. The highest BCUT2D eigenvalue weighted by Crippen LogP contribution is 2.16. The van der Waals surface area contributed by atoms with Crippen LogP contribution in [0.3, 0.4) is 0 Å². The van der Waals surface area contributed by atoms with E-state index in [0.29, 0.717) is 5.75 Å². The van der Waals surface area contributed by atoms with Crippen molar-refractivity contribution in [3.8, 4) is 0 Å². The standard InChI is InChI=1S/C10H14N2O5S/c1-10(14,6-18-2)5-11-9(13)7-3-4-8(17-7)12(15)16/h3-4,14H,5-6H2,1-2H3,(H,11,13). The van der Waals surface area contributed by atoms with Crippen LogP contribution in [0.4, 0.5) is 5.88 Å². The van der Waals surface area contributed by atoms with E-state index in [1.54, 1.807) is 6.92 Å². The summed E-state index contributed by atoms with van der Waals surface area (Å²) in [5.74, 6) is -0.770. The number of nitro groups is 1. The van der Waals surface area contributed by atoms with Crippen molar-refractivity contribution in [1.29, 1.82) is 0 Å². The number of amides is 1. The largest absolute Gasteiger partial charge is 0.433 e. The van der Waals surface area contributed by atoms with Crippen LogP contribution in [0.5, 0.6) is 0 Å². The molecule has 7 nitrogen and oxygen atoms in total. The second kappa shape index (κ2) is 5.87. The smallest absolute Gasteiger partial charge is 0.395 e. The van der Waals surface area contributed by atoms with E-state index in [0.717, 1.165) is 6.07 Å². The van der Waals surface area contributed by atoms with Crippen molar-refractivity contribution in [1.82, 2.24) is 5.32 Å². The van der Waals surface area contributed by atoms with Crippen molar-refractivity contribution in [2.75, 3.05) is 18.6 Å². The maximum Gasteiger partial charge on any atom is 0.433 e. The Kier molecular flexibility index (Phi) is 4.74. The van der Waals surface area contributed by atoms with Gasteiger partial charge in [0.1, 0.15) is 4.92 Å². The average molecular weight is 274 g/mol. The lowest BCUT2D eigenvalue weighted by Crippen LogP contribution is -2.42. The summed E-state index contributed by atoms with van der Waals surface area (Å²) in [5, 5.41) is 22.7. The minimum Gasteiger partial charge on any atom is -0.395 e. The van der Waals surface area contributed by atoms with Crippen molar-refractivity contribution >= 4 is 23.6 Å². The van der Waals surface area contributed by atoms with E-state index in [-0.39, 0.29) is 12.3 Å². The molecule has 0 bridgehead atoms. The average Bonchev–Trinajstić information content (AvgIpc) is 2.75. The van der Waals surface area contributed by atoms with Crippen molar-refractivity contribution in [2.24, 2.45) is 0 Å². The number of aliphatic hydroxyl groups is 1. The van der Waals surface area contributed by atoms with Crippen LogP contribution in [0.1, 0.15) is 17.5 Å². The van der Waals surface area contributed by atoms with Gasteiger partial charge < -0.3 is 14.8 Å². The third-order valence-electron chi connectivity index (χ3n) is 2.08. The Balaban J connectivity index is 2.57. The van der Waals surface area contributed by atoms with Crippen LogP contribution >= 0.6 is 11.8 Å². The Bertz CT molecular complexity index is 443. The fourth-order valence-corrected chi connectivity index (χ4v) is 1.99. The number of carbonyl (C=O) groups is 1. The maximum absolute atomic E-state index is 11.6. The van der Waals surface area contributed by atoms with Crippen molar-refractivity contribution in [2.45, 2.75) is 12.5 Å². The molecule has 8 heteroatoms. The number of rotatable bonds is 6. The maximum atomic E-state index is 11.6. The molecule has 0 aliphatic carbocycles. The molecule has 2 N–H and O–H groups in total. The summed E-state index contributed by atoms with van der Waals surface area (Å²) in [4.78, 5) is 21.2. The highest BCUT2D eigenvalue weighted by atomic mass is 32.2. The Morgan fingerprint density at radius 1 is 1.67 bits per heavy atom. The quantitative estimate of drug-likeness (QED) is 0.593. The van der Waals surface area contributed by atoms with Crippen LogP contribution in [-0.4, -0.2) is 40.1 Å². The molecule has 1 unspecified atom stereocenters. The Morgan fingerprint density at radius 3 is 2.83 bits per heavy atom. The molecule has 0 saturated carbocycles. The third kappa shape index (κ3) is 4.04. The van der Waals surface area contributed by atoms with Gasteiger partial charge in [0, 0.05) is 12.3 Å². The topological polar surface area (TPSA) is 106 Å². The number of thioether (sulfide) groups is 1. The molecule has 0 saturated heterocycles. The van der Waals surface area contributed by atoms with Gasteiger partial charge >= 0.3 is 5.88 Å². The number of nitrogens with zero attached hydrogens (tertiary/aromatic N) is 1. The SMILES string of the molecule is CSCC(C)(O)CNC(=O)c1ccc([N+](=O)[O-])o1. The van der Waals surface area contributed by atoms with E-state index in [4.69, 9.17) is 4.42 Å². The second-order valence-electron chi connectivity index (χ2n) is 4.01. The zero-order chi connectivity index (χ0) is 13.8. The lowest BCUT2D eigenvalue weighted by atomic mass is 10.1. The molecule has 0 aliphatic rings. The summed E-state index contributed by atoms with van der Waals surface area (Å²) in [6, 6.07) is 2.33. The van der Waals surface area contributed by atoms with Crippen LogP contribution < -0.4 is 5.32 Å². The molecule has 0 aliphatic heterocycles. The fraction of sp³-hybridized carbons (Fsp3) is 0.500. The summed E-state index contributed by atoms with van der Waals surface area (Å²) < 4.78 is 4.73. The molecule has 0 aromatic carbocycles. The zero-order valence-corrected chi connectivity index (χ0v) is 10.8. The van der Waals surface area contributed by atoms with Gasteiger partial charge in [-0.15, -0.1) is 0 Å². The Morgan fingerprint density at radius 2 is 2.33 bits per heavy atom. The van der Waals surface area contributed by atoms with Gasteiger partial charge in [-0.05, 0) is 19.2 Å². The molecule has 100 valence electrons. The van der Waals surface area contributed by atoms with Gasteiger partial charge in [0.25, 0.3) is 5.91 Å². The van der Waals surface area contributed by atoms with E-state index in [1.165, 1.54) is 17.8 Å². The number of hydrogen-bond acceptors (Lipinski definition) is 6. The van der Waals surface area contributed by atoms with Crippen molar-refractivity contribution in [3.63, 3.8) is 0 Å². The molecule has 1 amide bonds. The lowest BCUT2D eigenvalue weighted by Gasteiger charge is -2.21. The molecular weight excluding hydrogens is 260 g/mol. The molecule has 0 radical (unpaired) electrons. The summed E-state index contributed by atoms with van der Waals surface area (Å²) in [5.41, 5.74) is -1.03. The van der Waals surface area contributed by atoms with Crippen molar-refractivity contribution in [3.05, 3.63) is 28.0 Å². The van der Waals surface area contributed by atoms with Gasteiger partial charge in [-0.2, -0.15) is 11.8 Å². The molecule has 1 rings (SSSR count). The van der Waals surface area contributed by atoms with Crippen LogP contribution in [0.15, 0.2) is 16.5 Å². The minimum absolute atomic E-state index is 0.0428. The number of carbonyl (C=O) groups excluding carboxylic acids is 1. The number of hydrogen-bond donors (Lipinski definition) is 2. The van der Waals surface area contributed by atoms with E-state index in [1.807, 2.05) is 6.26 Å². The van der Waals surface area contributed by atoms with E-state index < -0.39 is 22.3 Å². The van der Waals surface area contributed by atoms with Crippen LogP contribution in [0.25, 0.3) is 0 Å². The van der Waals surface area contributed by atoms with Gasteiger partial charge in [0.05, 0.1) is 11.7 Å². The predicted octanol–water partition coefficient (Wildman–Crippen LogP) is 1.03. The van der Waals surface area contributed by atoms with Gasteiger partial charge in [-0.25, -0.2) is 0 Å². The van der Waals surface area contributed by atoms with Gasteiger partial charge in [0.15, 0.2) is 5.76 Å². The first-order valence-electron chi connectivity index (χ1n) is 5.09. The predicted molar refractivity (Wildman–Crippen MR) is 66.7 cm³/mol. The van der Waals surface area contributed by atoms with Gasteiger partial charge in [-0.3, -0.25) is 14.9 Å². The highest BCUT2D eigenvalue weighted by Gasteiger charge is 2.23. The van der Waals surface area contributed by atoms with Gasteiger partial charge in [-0.1, -0.05) is 0 Å². The second-order valence-corrected chi connectivity index (χ2v) is 4.87. The van der Waals surface area contributed by atoms with Gasteiger partial charge in [0.2, 0.25) is 0 Å². The third-order valence-corrected chi connectivity index (χ3v) is 2.99. The highest BCUT2D eigenvalue weighted by molar-refractivity contribution is 7.98.